The first-order valence-electron chi connectivity index (χ1n) is 15.7. The quantitative estimate of drug-likeness (QED) is 0.101. The van der Waals surface area contributed by atoms with Gasteiger partial charge in [-0.2, -0.15) is 0 Å². The van der Waals surface area contributed by atoms with Crippen LogP contribution >= 0.6 is 15.8 Å². The smallest absolute Gasteiger partial charge is 0.134 e. The second-order valence-electron chi connectivity index (χ2n) is 13.2. The Morgan fingerprint density at radius 2 is 0.696 bits per heavy atom. The van der Waals surface area contributed by atoms with Crippen molar-refractivity contribution in [2.45, 2.75) is 52.6 Å². The molecule has 5 aromatic carbocycles. The highest BCUT2D eigenvalue weighted by atomic mass is 31.1. The fraction of sp³-hybridized carbons (Fsp3) is 0.200. The normalized spacial score (nSPS) is 12.8. The largest absolute Gasteiger partial charge is 0.365 e. The summed E-state index contributed by atoms with van der Waals surface area (Å²) in [6.45, 7) is 13.1. The van der Waals surface area contributed by atoms with Crippen LogP contribution in [0.2, 0.25) is 0 Å². The Morgan fingerprint density at radius 3 is 0.957 bits per heavy atom. The predicted octanol–water partition coefficient (Wildman–Crippen LogP) is 8.70. The third kappa shape index (κ3) is 9.46. The number of nitrogens with one attached hydrogen (secondary N) is 2. The number of nitrogens with zero attached hydrogens (tertiary/aromatic N) is 2. The third-order valence-corrected chi connectivity index (χ3v) is 11.3. The molecule has 0 saturated carbocycles. The molecule has 6 heteroatoms. The molecule has 0 atom stereocenters. The van der Waals surface area contributed by atoms with Crippen molar-refractivity contribution in [2.75, 3.05) is 0 Å². The monoisotopic (exact) mass is 642 g/mol. The highest BCUT2D eigenvalue weighted by molar-refractivity contribution is 7.88. The van der Waals surface area contributed by atoms with Crippen LogP contribution in [-0.4, -0.2) is 22.2 Å². The molecule has 0 aromatic heterocycles. The molecule has 2 N–H and O–H groups in total. The zero-order chi connectivity index (χ0) is 32.6. The van der Waals surface area contributed by atoms with Crippen molar-refractivity contribution in [2.24, 2.45) is 9.98 Å². The summed E-state index contributed by atoms with van der Waals surface area (Å²) in [5.74, 6) is 0. The van der Waals surface area contributed by atoms with Crippen LogP contribution in [-0.2, 0) is 0 Å². The summed E-state index contributed by atoms with van der Waals surface area (Å²) in [7, 11) is -1.85. The lowest BCUT2D eigenvalue weighted by Gasteiger charge is -2.29. The summed E-state index contributed by atoms with van der Waals surface area (Å²) < 4.78 is 0. The zero-order valence-corrected chi connectivity index (χ0v) is 29.4. The van der Waals surface area contributed by atoms with E-state index in [9.17, 15) is 0 Å². The first-order valence-corrected chi connectivity index (χ1v) is 18.4. The van der Waals surface area contributed by atoms with E-state index in [0.717, 1.165) is 22.5 Å². The first kappa shape index (κ1) is 33.3. The van der Waals surface area contributed by atoms with Crippen molar-refractivity contribution in [3.8, 4) is 0 Å². The van der Waals surface area contributed by atoms with Gasteiger partial charge in [-0.1, -0.05) is 127 Å². The van der Waals surface area contributed by atoms with Gasteiger partial charge >= 0.3 is 0 Å². The summed E-state index contributed by atoms with van der Waals surface area (Å²) in [5, 5.41) is 12.6. The molecule has 0 heterocycles. The Kier molecular flexibility index (Phi) is 10.8. The molecule has 0 aliphatic carbocycles. The van der Waals surface area contributed by atoms with Crippen LogP contribution < -0.4 is 31.9 Å². The second-order valence-corrected chi connectivity index (χ2v) is 17.4. The SMILES string of the molecule is CC(C)(C)NC(=Nc1cccc(N=C(NC(C)(C)C)P(c2ccccc2)c2ccccc2)c1)P(c1ccccc1)c1ccccc1. The molecular weight excluding hydrogens is 598 g/mol. The van der Waals surface area contributed by atoms with Gasteiger partial charge in [0.1, 0.15) is 11.2 Å². The summed E-state index contributed by atoms with van der Waals surface area (Å²) in [5.41, 5.74) is 3.31. The lowest BCUT2D eigenvalue weighted by Crippen LogP contribution is -2.42. The van der Waals surface area contributed by atoms with Crippen molar-refractivity contribution in [1.29, 1.82) is 0 Å². The Labute approximate surface area is 277 Å². The third-order valence-electron chi connectivity index (χ3n) is 6.75. The van der Waals surface area contributed by atoms with E-state index in [4.69, 9.17) is 9.98 Å². The maximum Gasteiger partial charge on any atom is 0.134 e. The van der Waals surface area contributed by atoms with Crippen LogP contribution in [0.25, 0.3) is 0 Å². The Bertz CT molecular complexity index is 1530. The van der Waals surface area contributed by atoms with E-state index >= 15 is 0 Å². The average Bonchev–Trinajstić information content (AvgIpc) is 3.02. The first-order chi connectivity index (χ1) is 22.1. The molecule has 0 unspecified atom stereocenters. The zero-order valence-electron chi connectivity index (χ0n) is 27.6. The fourth-order valence-corrected chi connectivity index (χ4v) is 9.69. The van der Waals surface area contributed by atoms with Crippen LogP contribution in [0.5, 0.6) is 0 Å². The number of aliphatic imine (C=N–C) groups is 2. The number of rotatable bonds is 8. The molecule has 5 aromatic rings. The van der Waals surface area contributed by atoms with Crippen molar-refractivity contribution >= 4 is 59.6 Å². The van der Waals surface area contributed by atoms with E-state index in [-0.39, 0.29) is 11.1 Å². The molecule has 0 saturated heterocycles. The van der Waals surface area contributed by atoms with Gasteiger partial charge in [0.2, 0.25) is 0 Å². The van der Waals surface area contributed by atoms with Gasteiger partial charge in [0, 0.05) is 26.9 Å². The molecule has 0 bridgehead atoms. The minimum absolute atomic E-state index is 0.177. The number of hydrogen-bond donors (Lipinski definition) is 2. The molecule has 0 radical (unpaired) electrons. The number of hydrogen-bond acceptors (Lipinski definition) is 2. The van der Waals surface area contributed by atoms with Gasteiger partial charge in [-0.05, 0) is 81.0 Å². The minimum atomic E-state index is -0.924. The molecular formula is C40H44N4P2. The highest BCUT2D eigenvalue weighted by Crippen LogP contribution is 2.39. The summed E-state index contributed by atoms with van der Waals surface area (Å²) >= 11 is 0. The molecule has 0 fully saturated rings. The van der Waals surface area contributed by atoms with E-state index in [1.807, 2.05) is 0 Å². The van der Waals surface area contributed by atoms with E-state index in [0.29, 0.717) is 0 Å². The lowest BCUT2D eigenvalue weighted by molar-refractivity contribution is 0.515. The van der Waals surface area contributed by atoms with Gasteiger partial charge in [-0.3, -0.25) is 0 Å². The highest BCUT2D eigenvalue weighted by Gasteiger charge is 2.26. The number of benzene rings is 5. The van der Waals surface area contributed by atoms with Crippen LogP contribution in [0.15, 0.2) is 156 Å². The Balaban J connectivity index is 1.64. The van der Waals surface area contributed by atoms with E-state index in [1.54, 1.807) is 0 Å². The van der Waals surface area contributed by atoms with Crippen molar-refractivity contribution < 1.29 is 0 Å². The molecule has 0 spiro atoms. The lowest BCUT2D eigenvalue weighted by atomic mass is 10.1. The Hall–Kier alpha value is -4.10. The van der Waals surface area contributed by atoms with Gasteiger partial charge in [-0.25, -0.2) is 9.98 Å². The second kappa shape index (κ2) is 15.0. The molecule has 0 aliphatic rings. The predicted molar refractivity (Wildman–Crippen MR) is 205 cm³/mol. The maximum atomic E-state index is 5.35. The van der Waals surface area contributed by atoms with Crippen LogP contribution in [0.1, 0.15) is 41.5 Å². The molecule has 46 heavy (non-hydrogen) atoms. The summed E-state index contributed by atoms with van der Waals surface area (Å²) in [6.07, 6.45) is 0. The van der Waals surface area contributed by atoms with Gasteiger partial charge in [0.15, 0.2) is 0 Å². The summed E-state index contributed by atoms with van der Waals surface area (Å²) in [4.78, 5) is 10.7. The molecule has 4 nitrogen and oxygen atoms in total. The van der Waals surface area contributed by atoms with Crippen LogP contribution in [0, 0.1) is 0 Å². The van der Waals surface area contributed by atoms with Gasteiger partial charge in [0.25, 0.3) is 0 Å². The molecule has 0 amide bonds. The van der Waals surface area contributed by atoms with Gasteiger partial charge < -0.3 is 10.6 Å². The van der Waals surface area contributed by atoms with Crippen molar-refractivity contribution in [3.05, 3.63) is 146 Å². The number of amidine groups is 2. The van der Waals surface area contributed by atoms with Gasteiger partial charge in [-0.15, -0.1) is 0 Å². The molecule has 5 rings (SSSR count). The van der Waals surface area contributed by atoms with E-state index in [1.165, 1.54) is 21.2 Å². The van der Waals surface area contributed by atoms with E-state index in [2.05, 4.69) is 198 Å². The van der Waals surface area contributed by atoms with E-state index < -0.39 is 15.8 Å². The van der Waals surface area contributed by atoms with Crippen LogP contribution in [0.3, 0.4) is 0 Å². The Morgan fingerprint density at radius 1 is 0.413 bits per heavy atom. The minimum Gasteiger partial charge on any atom is -0.365 e. The van der Waals surface area contributed by atoms with Gasteiger partial charge in [0.05, 0.1) is 11.4 Å². The fourth-order valence-electron chi connectivity index (χ4n) is 4.91. The van der Waals surface area contributed by atoms with Crippen molar-refractivity contribution in [3.63, 3.8) is 0 Å². The summed E-state index contributed by atoms with van der Waals surface area (Å²) in [6, 6.07) is 51.1. The maximum absolute atomic E-state index is 5.35. The van der Waals surface area contributed by atoms with Crippen molar-refractivity contribution in [1.82, 2.24) is 10.6 Å². The molecule has 0 aliphatic heterocycles. The standard InChI is InChI=1S/C40H44N4P2/c1-39(2,3)43-37(45(33-22-11-7-12-23-33)34-24-13-8-14-25-34)41-31-20-19-21-32(30-31)42-38(44-40(4,5)6)46(35-26-15-9-16-27-35)36-28-17-10-18-29-36/h7-30H,1-6H3,(H,41,43)(H,42,44). The van der Waals surface area contributed by atoms with Crippen LogP contribution in [0.4, 0.5) is 11.4 Å². The molecule has 234 valence electrons. The topological polar surface area (TPSA) is 48.8 Å². The average molecular weight is 643 g/mol.